The summed E-state index contributed by atoms with van der Waals surface area (Å²) in [5, 5.41) is 14.0. The lowest BCUT2D eigenvalue weighted by atomic mass is 10.0. The summed E-state index contributed by atoms with van der Waals surface area (Å²) in [5.41, 5.74) is 9.50. The fraction of sp³-hybridized carbons (Fsp3) is 0.333. The normalized spacial score (nSPS) is 12.1. The second-order valence-corrected chi connectivity index (χ2v) is 5.28. The molecule has 104 valence electrons. The predicted octanol–water partition coefficient (Wildman–Crippen LogP) is 3.51. The summed E-state index contributed by atoms with van der Waals surface area (Å²) >= 11 is 6.07. The van der Waals surface area contributed by atoms with E-state index in [-0.39, 0.29) is 5.92 Å². The number of rotatable bonds is 4. The molecule has 0 radical (unpaired) electrons. The maximum absolute atomic E-state index is 8.87. The van der Waals surface area contributed by atoms with E-state index in [4.69, 9.17) is 22.6 Å². The highest BCUT2D eigenvalue weighted by molar-refractivity contribution is 6.30. The molecule has 0 bridgehead atoms. The number of anilines is 1. The SMILES string of the molecule is CCc1ccc(Cl)cc1-c1nn(CC(C)C#N)cc1N. The van der Waals surface area contributed by atoms with Gasteiger partial charge in [-0.3, -0.25) is 4.68 Å². The summed E-state index contributed by atoms with van der Waals surface area (Å²) in [5.74, 6) is -0.104. The third kappa shape index (κ3) is 2.94. The lowest BCUT2D eigenvalue weighted by Gasteiger charge is -2.07. The average molecular weight is 289 g/mol. The molecule has 2 N–H and O–H groups in total. The Balaban J connectivity index is 2.43. The van der Waals surface area contributed by atoms with Crippen LogP contribution in [0.3, 0.4) is 0 Å². The van der Waals surface area contributed by atoms with Gasteiger partial charge in [0.15, 0.2) is 0 Å². The number of hydrogen-bond donors (Lipinski definition) is 1. The zero-order chi connectivity index (χ0) is 14.7. The summed E-state index contributed by atoms with van der Waals surface area (Å²) < 4.78 is 1.72. The Morgan fingerprint density at radius 1 is 1.50 bits per heavy atom. The smallest absolute Gasteiger partial charge is 0.116 e. The van der Waals surface area contributed by atoms with Crippen molar-refractivity contribution in [3.63, 3.8) is 0 Å². The van der Waals surface area contributed by atoms with Gasteiger partial charge in [-0.05, 0) is 31.0 Å². The first kappa shape index (κ1) is 14.4. The molecule has 1 heterocycles. The first-order valence-corrected chi connectivity index (χ1v) is 6.94. The second kappa shape index (κ2) is 5.98. The van der Waals surface area contributed by atoms with Gasteiger partial charge in [0.05, 0.1) is 24.2 Å². The molecule has 1 unspecified atom stereocenters. The lowest BCUT2D eigenvalue weighted by Crippen LogP contribution is -2.06. The van der Waals surface area contributed by atoms with Crippen LogP contribution in [0.2, 0.25) is 5.02 Å². The molecule has 0 saturated carbocycles. The van der Waals surface area contributed by atoms with Gasteiger partial charge in [0.1, 0.15) is 5.69 Å². The Labute approximate surface area is 123 Å². The molecule has 4 nitrogen and oxygen atoms in total. The largest absolute Gasteiger partial charge is 0.396 e. The summed E-state index contributed by atoms with van der Waals surface area (Å²) in [7, 11) is 0. The van der Waals surface area contributed by atoms with E-state index in [0.717, 1.165) is 23.2 Å². The molecular formula is C15H17ClN4. The van der Waals surface area contributed by atoms with Gasteiger partial charge in [0.25, 0.3) is 0 Å². The fourth-order valence-electron chi connectivity index (χ4n) is 2.14. The molecule has 5 heteroatoms. The third-order valence-electron chi connectivity index (χ3n) is 3.18. The first-order chi connectivity index (χ1) is 9.55. The molecule has 0 spiro atoms. The van der Waals surface area contributed by atoms with Crippen LogP contribution >= 0.6 is 11.6 Å². The minimum Gasteiger partial charge on any atom is -0.396 e. The van der Waals surface area contributed by atoms with E-state index in [9.17, 15) is 0 Å². The van der Waals surface area contributed by atoms with Crippen LogP contribution in [0.5, 0.6) is 0 Å². The van der Waals surface area contributed by atoms with E-state index in [1.54, 1.807) is 10.9 Å². The number of benzene rings is 1. The van der Waals surface area contributed by atoms with E-state index in [0.29, 0.717) is 17.3 Å². The molecular weight excluding hydrogens is 272 g/mol. The Morgan fingerprint density at radius 2 is 2.25 bits per heavy atom. The van der Waals surface area contributed by atoms with Crippen molar-refractivity contribution in [3.8, 4) is 17.3 Å². The van der Waals surface area contributed by atoms with Crippen molar-refractivity contribution >= 4 is 17.3 Å². The minimum atomic E-state index is -0.104. The van der Waals surface area contributed by atoms with Gasteiger partial charge in [-0.1, -0.05) is 24.6 Å². The van der Waals surface area contributed by atoms with E-state index in [1.165, 1.54) is 0 Å². The highest BCUT2D eigenvalue weighted by Gasteiger charge is 2.13. The van der Waals surface area contributed by atoms with Crippen molar-refractivity contribution < 1.29 is 0 Å². The molecule has 0 aliphatic heterocycles. The van der Waals surface area contributed by atoms with Gasteiger partial charge >= 0.3 is 0 Å². The van der Waals surface area contributed by atoms with E-state index in [2.05, 4.69) is 18.1 Å². The number of halogens is 1. The monoisotopic (exact) mass is 288 g/mol. The van der Waals surface area contributed by atoms with Gasteiger partial charge < -0.3 is 5.73 Å². The number of hydrogen-bond acceptors (Lipinski definition) is 3. The number of nitriles is 1. The standard InChI is InChI=1S/C15H17ClN4/c1-3-11-4-5-12(16)6-13(11)15-14(18)9-20(19-15)8-10(2)7-17/h4-6,9-10H,3,8,18H2,1-2H3. The van der Waals surface area contributed by atoms with Crippen LogP contribution in [0.15, 0.2) is 24.4 Å². The Bertz CT molecular complexity index is 654. The van der Waals surface area contributed by atoms with Crippen LogP contribution in [0.4, 0.5) is 5.69 Å². The lowest BCUT2D eigenvalue weighted by molar-refractivity contribution is 0.530. The molecule has 20 heavy (non-hydrogen) atoms. The number of aryl methyl sites for hydroxylation is 1. The first-order valence-electron chi connectivity index (χ1n) is 6.56. The van der Waals surface area contributed by atoms with Gasteiger partial charge in [-0.25, -0.2) is 0 Å². The van der Waals surface area contributed by atoms with Crippen LogP contribution in [-0.4, -0.2) is 9.78 Å². The van der Waals surface area contributed by atoms with Crippen LogP contribution < -0.4 is 5.73 Å². The van der Waals surface area contributed by atoms with Crippen molar-refractivity contribution in [2.75, 3.05) is 5.73 Å². The molecule has 1 aromatic heterocycles. The maximum Gasteiger partial charge on any atom is 0.116 e. The molecule has 0 saturated heterocycles. The molecule has 1 atom stereocenters. The summed E-state index contributed by atoms with van der Waals surface area (Å²) in [6, 6.07) is 7.94. The molecule has 2 rings (SSSR count). The van der Waals surface area contributed by atoms with Gasteiger partial charge in [-0.15, -0.1) is 0 Å². The summed E-state index contributed by atoms with van der Waals surface area (Å²) in [6.07, 6.45) is 2.65. The quantitative estimate of drug-likeness (QED) is 0.936. The molecule has 1 aromatic carbocycles. The number of nitrogens with zero attached hydrogens (tertiary/aromatic N) is 3. The topological polar surface area (TPSA) is 67.6 Å². The predicted molar refractivity (Wildman–Crippen MR) is 81.2 cm³/mol. The highest BCUT2D eigenvalue weighted by Crippen LogP contribution is 2.30. The fourth-order valence-corrected chi connectivity index (χ4v) is 2.31. The Hall–Kier alpha value is -1.99. The highest BCUT2D eigenvalue weighted by atomic mass is 35.5. The van der Waals surface area contributed by atoms with Crippen LogP contribution in [0.1, 0.15) is 19.4 Å². The third-order valence-corrected chi connectivity index (χ3v) is 3.41. The van der Waals surface area contributed by atoms with Crippen molar-refractivity contribution in [3.05, 3.63) is 35.0 Å². The Morgan fingerprint density at radius 3 is 2.90 bits per heavy atom. The van der Waals surface area contributed by atoms with Crippen molar-refractivity contribution in [2.45, 2.75) is 26.8 Å². The number of nitrogen functional groups attached to an aromatic ring is 1. The maximum atomic E-state index is 8.87. The van der Waals surface area contributed by atoms with E-state index < -0.39 is 0 Å². The van der Waals surface area contributed by atoms with Crippen LogP contribution in [0.25, 0.3) is 11.3 Å². The van der Waals surface area contributed by atoms with E-state index >= 15 is 0 Å². The summed E-state index contributed by atoms with van der Waals surface area (Å²) in [4.78, 5) is 0. The molecule has 0 aliphatic carbocycles. The minimum absolute atomic E-state index is 0.104. The van der Waals surface area contributed by atoms with Gasteiger partial charge in [0, 0.05) is 16.8 Å². The van der Waals surface area contributed by atoms with Crippen molar-refractivity contribution in [2.24, 2.45) is 5.92 Å². The average Bonchev–Trinajstić information content (AvgIpc) is 2.79. The number of nitrogens with two attached hydrogens (primary N) is 1. The Kier molecular flexibility index (Phi) is 4.31. The molecule has 0 aliphatic rings. The van der Waals surface area contributed by atoms with Crippen molar-refractivity contribution in [1.82, 2.24) is 9.78 Å². The summed E-state index contributed by atoms with van der Waals surface area (Å²) in [6.45, 7) is 4.47. The number of aromatic nitrogens is 2. The van der Waals surface area contributed by atoms with Crippen LogP contribution in [-0.2, 0) is 13.0 Å². The van der Waals surface area contributed by atoms with Crippen molar-refractivity contribution in [1.29, 1.82) is 5.26 Å². The zero-order valence-corrected chi connectivity index (χ0v) is 12.4. The molecule has 2 aromatic rings. The van der Waals surface area contributed by atoms with Crippen LogP contribution in [0, 0.1) is 17.2 Å². The van der Waals surface area contributed by atoms with Gasteiger partial charge in [-0.2, -0.15) is 10.4 Å². The van der Waals surface area contributed by atoms with E-state index in [1.807, 2.05) is 25.1 Å². The molecule has 0 fully saturated rings. The molecule has 0 amide bonds. The van der Waals surface area contributed by atoms with Gasteiger partial charge in [0.2, 0.25) is 0 Å². The second-order valence-electron chi connectivity index (χ2n) is 4.84. The zero-order valence-electron chi connectivity index (χ0n) is 11.6.